The van der Waals surface area contributed by atoms with E-state index in [2.05, 4.69) is 34.3 Å². The molecular formula is C42H36N4O8. The number of aliphatic imine (C=N–C) groups is 1. The number of aromatic nitrogens is 1. The second kappa shape index (κ2) is 16.5. The average Bonchev–Trinajstić information content (AvgIpc) is 3.78. The zero-order chi connectivity index (χ0) is 38.1. The predicted molar refractivity (Wildman–Crippen MR) is 202 cm³/mol. The largest absolute Gasteiger partial charge is 0.457 e. The number of amides is 2. The van der Waals surface area contributed by atoms with E-state index in [1.54, 1.807) is 49.4 Å². The Balaban J connectivity index is 1.18. The van der Waals surface area contributed by atoms with Crippen LogP contribution < -0.4 is 10.6 Å². The van der Waals surface area contributed by atoms with Gasteiger partial charge in [-0.2, -0.15) is 0 Å². The first-order valence-corrected chi connectivity index (χ1v) is 16.9. The number of carbonyl (C=O) groups excluding carboxylic acids is 4. The summed E-state index contributed by atoms with van der Waals surface area (Å²) in [7, 11) is 0. The molecule has 12 heteroatoms. The van der Waals surface area contributed by atoms with E-state index in [0.29, 0.717) is 33.4 Å². The van der Waals surface area contributed by atoms with E-state index in [9.17, 15) is 19.2 Å². The standard InChI is InChI=1S/C42H36N4O8/c1-28(30-11-5-4-6-12-30)44-39(48)42(2,45-40(49)51-26-34-23-32-13-7-10-16-37(32)54-34)24-33-25-46(36-15-9-8-14-35(33)36)41(50)53-27-52-38(47)31-19-17-29(18-20-31)21-22-43-3/h4-20,23,25,28H,3,24,26-27H2,1-2H3,(H,44,48)(H,45,49)/t28-,42+/m0/s1. The zero-order valence-corrected chi connectivity index (χ0v) is 29.5. The van der Waals surface area contributed by atoms with Crippen molar-refractivity contribution < 1.29 is 37.8 Å². The van der Waals surface area contributed by atoms with Gasteiger partial charge in [-0.1, -0.05) is 66.7 Å². The van der Waals surface area contributed by atoms with Crippen molar-refractivity contribution in [2.24, 2.45) is 4.99 Å². The van der Waals surface area contributed by atoms with Crippen molar-refractivity contribution in [1.82, 2.24) is 15.2 Å². The molecule has 6 aromatic rings. The molecule has 0 fully saturated rings. The molecular weight excluding hydrogens is 688 g/mol. The number of nitrogens with zero attached hydrogens (tertiary/aromatic N) is 2. The molecule has 0 radical (unpaired) electrons. The first-order chi connectivity index (χ1) is 26.1. The maximum absolute atomic E-state index is 14.1. The van der Waals surface area contributed by atoms with E-state index in [-0.39, 0.29) is 18.6 Å². The van der Waals surface area contributed by atoms with Crippen molar-refractivity contribution in [3.8, 4) is 12.0 Å². The molecule has 0 aliphatic heterocycles. The molecule has 272 valence electrons. The highest BCUT2D eigenvalue weighted by Gasteiger charge is 2.38. The van der Waals surface area contributed by atoms with E-state index in [4.69, 9.17) is 18.6 Å². The summed E-state index contributed by atoms with van der Waals surface area (Å²) in [6.45, 7) is 5.91. The third kappa shape index (κ3) is 8.66. The summed E-state index contributed by atoms with van der Waals surface area (Å²) in [5.74, 6) is 2.01. The smallest absolute Gasteiger partial charge is 0.421 e. The molecule has 4 aromatic carbocycles. The molecule has 54 heavy (non-hydrogen) atoms. The van der Waals surface area contributed by atoms with Gasteiger partial charge in [0.25, 0.3) is 0 Å². The molecule has 0 spiro atoms. The summed E-state index contributed by atoms with van der Waals surface area (Å²) in [6.07, 6.45) is -0.184. The van der Waals surface area contributed by atoms with Gasteiger partial charge in [-0.15, -0.1) is 0 Å². The number of esters is 1. The van der Waals surface area contributed by atoms with Gasteiger partial charge in [-0.3, -0.25) is 9.36 Å². The van der Waals surface area contributed by atoms with Crippen molar-refractivity contribution in [3.63, 3.8) is 0 Å². The Bertz CT molecular complexity index is 2350. The number of alkyl carbamates (subject to hydrolysis) is 1. The molecule has 6 rings (SSSR count). The molecule has 0 aliphatic carbocycles. The number of fused-ring (bicyclic) bond motifs is 2. The normalized spacial score (nSPS) is 12.4. The van der Waals surface area contributed by atoms with Gasteiger partial charge in [0, 0.05) is 41.7 Å². The molecule has 0 bridgehead atoms. The van der Waals surface area contributed by atoms with Crippen LogP contribution in [0.5, 0.6) is 0 Å². The van der Waals surface area contributed by atoms with Crippen LogP contribution in [0.1, 0.15) is 52.7 Å². The highest BCUT2D eigenvalue weighted by Crippen LogP contribution is 2.27. The predicted octanol–water partition coefficient (Wildman–Crippen LogP) is 7.30. The van der Waals surface area contributed by atoms with Crippen LogP contribution in [0, 0.1) is 12.0 Å². The van der Waals surface area contributed by atoms with Crippen LogP contribution in [0.25, 0.3) is 21.9 Å². The number of ether oxygens (including phenoxy) is 3. The SMILES string of the molecule is C=NC#Cc1ccc(C(=O)OCOC(=O)n2cc(C[C@@](C)(NC(=O)OCc3cc4ccccc4o3)C(=O)N[C@@H](C)c3ccccc3)c3ccccc32)cc1. The zero-order valence-electron chi connectivity index (χ0n) is 29.5. The van der Waals surface area contributed by atoms with Gasteiger partial charge in [-0.25, -0.2) is 19.4 Å². The number of furan rings is 1. The fourth-order valence-electron chi connectivity index (χ4n) is 5.87. The van der Waals surface area contributed by atoms with E-state index in [0.717, 1.165) is 10.9 Å². The Morgan fingerprint density at radius 2 is 1.63 bits per heavy atom. The molecule has 0 saturated carbocycles. The molecule has 2 atom stereocenters. The number of rotatable bonds is 11. The van der Waals surface area contributed by atoms with Gasteiger partial charge in [0.05, 0.1) is 17.1 Å². The number of carbonyl (C=O) groups is 4. The van der Waals surface area contributed by atoms with Crippen molar-refractivity contribution in [3.05, 3.63) is 143 Å². The molecule has 12 nitrogen and oxygen atoms in total. The topological polar surface area (TPSA) is 150 Å². The molecule has 0 unspecified atom stereocenters. The number of hydrogen-bond donors (Lipinski definition) is 2. The Hall–Kier alpha value is -7.13. The fourth-order valence-corrected chi connectivity index (χ4v) is 5.87. The number of para-hydroxylation sites is 2. The van der Waals surface area contributed by atoms with Crippen LogP contribution >= 0.6 is 0 Å². The Morgan fingerprint density at radius 1 is 0.907 bits per heavy atom. The average molecular weight is 725 g/mol. The number of hydrogen-bond acceptors (Lipinski definition) is 9. The molecule has 2 amide bonds. The summed E-state index contributed by atoms with van der Waals surface area (Å²) >= 11 is 0. The molecule has 2 heterocycles. The highest BCUT2D eigenvalue weighted by molar-refractivity contribution is 5.95. The summed E-state index contributed by atoms with van der Waals surface area (Å²) < 4.78 is 23.1. The van der Waals surface area contributed by atoms with Crippen LogP contribution in [0.3, 0.4) is 0 Å². The van der Waals surface area contributed by atoms with E-state index in [1.807, 2.05) is 61.5 Å². The highest BCUT2D eigenvalue weighted by atomic mass is 16.7. The van der Waals surface area contributed by atoms with Gasteiger partial charge in [-0.05, 0) is 73.4 Å². The lowest BCUT2D eigenvalue weighted by Gasteiger charge is -2.30. The maximum atomic E-state index is 14.1. The second-order valence-electron chi connectivity index (χ2n) is 12.5. The van der Waals surface area contributed by atoms with Crippen LogP contribution in [-0.4, -0.2) is 47.7 Å². The van der Waals surface area contributed by atoms with E-state index in [1.165, 1.54) is 22.9 Å². The molecule has 2 N–H and O–H groups in total. The van der Waals surface area contributed by atoms with Crippen LogP contribution in [0.4, 0.5) is 9.59 Å². The first-order valence-electron chi connectivity index (χ1n) is 16.9. The fraction of sp³-hybridized carbons (Fsp3) is 0.167. The van der Waals surface area contributed by atoms with Crippen molar-refractivity contribution in [2.75, 3.05) is 6.79 Å². The Morgan fingerprint density at radius 3 is 2.39 bits per heavy atom. The lowest BCUT2D eigenvalue weighted by atomic mass is 9.91. The lowest BCUT2D eigenvalue weighted by Crippen LogP contribution is -2.58. The van der Waals surface area contributed by atoms with Gasteiger partial charge in [0.2, 0.25) is 12.7 Å². The summed E-state index contributed by atoms with van der Waals surface area (Å²) in [4.78, 5) is 56.8. The van der Waals surface area contributed by atoms with Gasteiger partial charge in [0.1, 0.15) is 16.9 Å². The monoisotopic (exact) mass is 724 g/mol. The van der Waals surface area contributed by atoms with Crippen LogP contribution in [-0.2, 0) is 32.0 Å². The number of nitrogens with one attached hydrogen (secondary N) is 2. The lowest BCUT2D eigenvalue weighted by molar-refractivity contribution is -0.127. The minimum Gasteiger partial charge on any atom is -0.457 e. The Kier molecular flexibility index (Phi) is 11.2. The summed E-state index contributed by atoms with van der Waals surface area (Å²) in [5.41, 5.74) is 1.86. The van der Waals surface area contributed by atoms with Crippen molar-refractivity contribution in [1.29, 1.82) is 0 Å². The van der Waals surface area contributed by atoms with Crippen molar-refractivity contribution >= 4 is 52.7 Å². The maximum Gasteiger partial charge on any atom is 0.421 e. The Labute approximate surface area is 310 Å². The van der Waals surface area contributed by atoms with E-state index >= 15 is 0 Å². The summed E-state index contributed by atoms with van der Waals surface area (Å²) in [6, 6.07) is 34.0. The minimum absolute atomic E-state index is 0.0426. The van der Waals surface area contributed by atoms with Crippen LogP contribution in [0.15, 0.2) is 125 Å². The first kappa shape index (κ1) is 36.7. The van der Waals surface area contributed by atoms with Gasteiger partial charge < -0.3 is 29.3 Å². The van der Waals surface area contributed by atoms with Gasteiger partial charge in [0.15, 0.2) is 6.61 Å². The van der Waals surface area contributed by atoms with Crippen molar-refractivity contribution in [2.45, 2.75) is 38.5 Å². The third-order valence-electron chi connectivity index (χ3n) is 8.66. The van der Waals surface area contributed by atoms with E-state index < -0.39 is 42.4 Å². The molecule has 0 aliphatic rings. The molecule has 0 saturated heterocycles. The second-order valence-corrected chi connectivity index (χ2v) is 12.5. The summed E-state index contributed by atoms with van der Waals surface area (Å²) in [5, 5.41) is 7.27. The third-order valence-corrected chi connectivity index (χ3v) is 8.66. The van der Waals surface area contributed by atoms with Crippen LogP contribution in [0.2, 0.25) is 0 Å². The molecule has 2 aromatic heterocycles. The minimum atomic E-state index is -1.56. The number of benzene rings is 4. The van der Waals surface area contributed by atoms with Gasteiger partial charge >= 0.3 is 18.2 Å². The quantitative estimate of drug-likeness (QED) is 0.0612.